The number of halogens is 1. The second-order valence-electron chi connectivity index (χ2n) is 3.67. The third kappa shape index (κ3) is 2.96. The molecule has 0 heterocycles. The van der Waals surface area contributed by atoms with Gasteiger partial charge in [0.25, 0.3) is 5.91 Å². The summed E-state index contributed by atoms with van der Waals surface area (Å²) in [4.78, 5) is 14.0. The van der Waals surface area contributed by atoms with Crippen molar-refractivity contribution in [2.24, 2.45) is 0 Å². The first-order chi connectivity index (χ1) is 8.58. The predicted molar refractivity (Wildman–Crippen MR) is 74.5 cm³/mol. The van der Waals surface area contributed by atoms with Crippen LogP contribution in [0.2, 0.25) is 0 Å². The highest BCUT2D eigenvalue weighted by Gasteiger charge is 2.17. The molecule has 1 aromatic rings. The van der Waals surface area contributed by atoms with Gasteiger partial charge in [-0.2, -0.15) is 0 Å². The Morgan fingerprint density at radius 1 is 1.22 bits per heavy atom. The average Bonchev–Trinajstić information content (AvgIpc) is 2.38. The van der Waals surface area contributed by atoms with Gasteiger partial charge in [-0.1, -0.05) is 0 Å². The molecule has 1 rings (SSSR count). The van der Waals surface area contributed by atoms with Crippen molar-refractivity contribution in [3.05, 3.63) is 22.2 Å². The number of ether oxygens (including phenoxy) is 2. The normalized spacial score (nSPS) is 10.1. The minimum absolute atomic E-state index is 0.0124. The number of nitrogens with zero attached hydrogens (tertiary/aromatic N) is 1. The minimum Gasteiger partial charge on any atom is -0.493 e. The minimum atomic E-state index is -0.0124. The van der Waals surface area contributed by atoms with E-state index in [9.17, 15) is 4.79 Å². The van der Waals surface area contributed by atoms with Crippen molar-refractivity contribution in [2.45, 2.75) is 13.8 Å². The van der Waals surface area contributed by atoms with Crippen LogP contribution >= 0.6 is 15.9 Å². The largest absolute Gasteiger partial charge is 0.493 e. The van der Waals surface area contributed by atoms with Gasteiger partial charge in [-0.15, -0.1) is 0 Å². The van der Waals surface area contributed by atoms with Crippen LogP contribution in [0.25, 0.3) is 0 Å². The predicted octanol–water partition coefficient (Wildman–Crippen LogP) is 2.95. The third-order valence-electron chi connectivity index (χ3n) is 2.73. The van der Waals surface area contributed by atoms with Gasteiger partial charge < -0.3 is 14.4 Å². The molecule has 0 spiro atoms. The van der Waals surface area contributed by atoms with Crippen LogP contribution in [0.1, 0.15) is 24.2 Å². The van der Waals surface area contributed by atoms with Crippen molar-refractivity contribution in [2.75, 3.05) is 27.3 Å². The first kappa shape index (κ1) is 14.8. The lowest BCUT2D eigenvalue weighted by atomic mass is 10.1. The fraction of sp³-hybridized carbons (Fsp3) is 0.462. The van der Waals surface area contributed by atoms with E-state index in [2.05, 4.69) is 15.9 Å². The van der Waals surface area contributed by atoms with Gasteiger partial charge in [-0.3, -0.25) is 4.79 Å². The third-order valence-corrected chi connectivity index (χ3v) is 3.32. The van der Waals surface area contributed by atoms with Gasteiger partial charge in [-0.05, 0) is 41.9 Å². The van der Waals surface area contributed by atoms with Gasteiger partial charge in [0.2, 0.25) is 0 Å². The molecule has 0 bridgehead atoms. The summed E-state index contributed by atoms with van der Waals surface area (Å²) in [6.45, 7) is 5.27. The number of carbonyl (C=O) groups is 1. The summed E-state index contributed by atoms with van der Waals surface area (Å²) in [5.41, 5.74) is 0.586. The van der Waals surface area contributed by atoms with E-state index in [0.717, 1.165) is 0 Å². The van der Waals surface area contributed by atoms with E-state index in [1.807, 2.05) is 13.8 Å². The second kappa shape index (κ2) is 6.64. The van der Waals surface area contributed by atoms with Crippen molar-refractivity contribution < 1.29 is 14.3 Å². The molecule has 0 aliphatic carbocycles. The first-order valence-electron chi connectivity index (χ1n) is 5.79. The van der Waals surface area contributed by atoms with E-state index in [-0.39, 0.29) is 5.91 Å². The molecule has 4 nitrogen and oxygen atoms in total. The fourth-order valence-corrected chi connectivity index (χ4v) is 2.34. The number of rotatable bonds is 5. The number of hydrogen-bond acceptors (Lipinski definition) is 3. The standard InChI is InChI=1S/C13H18BrNO3/c1-5-15(6-2)13(16)9-7-10(14)12(18-4)11(8-9)17-3/h7-8H,5-6H2,1-4H3. The van der Waals surface area contributed by atoms with Gasteiger partial charge >= 0.3 is 0 Å². The summed E-state index contributed by atoms with van der Waals surface area (Å²) in [6.07, 6.45) is 0. The number of amides is 1. The summed E-state index contributed by atoms with van der Waals surface area (Å²) in [5.74, 6) is 1.12. The Bertz CT molecular complexity index is 430. The Labute approximate surface area is 116 Å². The summed E-state index contributed by atoms with van der Waals surface area (Å²) in [6, 6.07) is 3.45. The van der Waals surface area contributed by atoms with Crippen LogP contribution in [0.15, 0.2) is 16.6 Å². The van der Waals surface area contributed by atoms with Crippen molar-refractivity contribution in [1.29, 1.82) is 0 Å². The number of benzene rings is 1. The van der Waals surface area contributed by atoms with Crippen LogP contribution in [0, 0.1) is 0 Å². The van der Waals surface area contributed by atoms with Crippen LogP contribution in [0.4, 0.5) is 0 Å². The summed E-state index contributed by atoms with van der Waals surface area (Å²) in [5, 5.41) is 0. The maximum absolute atomic E-state index is 12.2. The van der Waals surface area contributed by atoms with Gasteiger partial charge in [0, 0.05) is 18.7 Å². The highest BCUT2D eigenvalue weighted by atomic mass is 79.9. The topological polar surface area (TPSA) is 38.8 Å². The van der Waals surface area contributed by atoms with Gasteiger partial charge in [0.05, 0.1) is 18.7 Å². The monoisotopic (exact) mass is 315 g/mol. The molecule has 5 heteroatoms. The van der Waals surface area contributed by atoms with Gasteiger partial charge in [0.15, 0.2) is 11.5 Å². The molecule has 0 atom stereocenters. The lowest BCUT2D eigenvalue weighted by Gasteiger charge is -2.19. The summed E-state index contributed by atoms with van der Waals surface area (Å²) < 4.78 is 11.2. The Hall–Kier alpha value is -1.23. The SMILES string of the molecule is CCN(CC)C(=O)c1cc(Br)c(OC)c(OC)c1. The molecule has 100 valence electrons. The first-order valence-corrected chi connectivity index (χ1v) is 6.59. The molecular formula is C13H18BrNO3. The lowest BCUT2D eigenvalue weighted by molar-refractivity contribution is 0.0772. The summed E-state index contributed by atoms with van der Waals surface area (Å²) in [7, 11) is 3.12. The fourth-order valence-electron chi connectivity index (χ4n) is 1.73. The van der Waals surface area contributed by atoms with E-state index in [1.165, 1.54) is 0 Å². The van der Waals surface area contributed by atoms with Crippen molar-refractivity contribution in [3.8, 4) is 11.5 Å². The Morgan fingerprint density at radius 2 is 1.83 bits per heavy atom. The molecule has 1 aromatic carbocycles. The molecule has 0 aromatic heterocycles. The van der Waals surface area contributed by atoms with E-state index in [1.54, 1.807) is 31.3 Å². The highest BCUT2D eigenvalue weighted by Crippen LogP contribution is 2.36. The maximum Gasteiger partial charge on any atom is 0.254 e. The second-order valence-corrected chi connectivity index (χ2v) is 4.53. The molecule has 0 unspecified atom stereocenters. The number of hydrogen-bond donors (Lipinski definition) is 0. The highest BCUT2D eigenvalue weighted by molar-refractivity contribution is 9.10. The Balaban J connectivity index is 3.19. The smallest absolute Gasteiger partial charge is 0.254 e. The molecule has 0 N–H and O–H groups in total. The average molecular weight is 316 g/mol. The van der Waals surface area contributed by atoms with Crippen molar-refractivity contribution in [3.63, 3.8) is 0 Å². The maximum atomic E-state index is 12.2. The van der Waals surface area contributed by atoms with Crippen LogP contribution in [0.3, 0.4) is 0 Å². The van der Waals surface area contributed by atoms with Crippen LogP contribution in [-0.2, 0) is 0 Å². The molecule has 0 radical (unpaired) electrons. The Kier molecular flexibility index (Phi) is 5.47. The van der Waals surface area contributed by atoms with Gasteiger partial charge in [0.1, 0.15) is 0 Å². The Morgan fingerprint density at radius 3 is 2.28 bits per heavy atom. The van der Waals surface area contributed by atoms with Gasteiger partial charge in [-0.25, -0.2) is 0 Å². The van der Waals surface area contributed by atoms with Crippen molar-refractivity contribution in [1.82, 2.24) is 4.90 Å². The zero-order valence-electron chi connectivity index (χ0n) is 11.1. The van der Waals surface area contributed by atoms with Crippen LogP contribution in [0.5, 0.6) is 11.5 Å². The number of methoxy groups -OCH3 is 2. The zero-order chi connectivity index (χ0) is 13.7. The van der Waals surface area contributed by atoms with Crippen LogP contribution in [-0.4, -0.2) is 38.1 Å². The molecule has 0 saturated carbocycles. The molecule has 0 fully saturated rings. The zero-order valence-corrected chi connectivity index (χ0v) is 12.7. The molecule has 0 saturated heterocycles. The number of carbonyl (C=O) groups excluding carboxylic acids is 1. The van der Waals surface area contributed by atoms with Crippen LogP contribution < -0.4 is 9.47 Å². The molecule has 1 amide bonds. The van der Waals surface area contributed by atoms with E-state index in [4.69, 9.17) is 9.47 Å². The van der Waals surface area contributed by atoms with Crippen molar-refractivity contribution >= 4 is 21.8 Å². The van der Waals surface area contributed by atoms with E-state index >= 15 is 0 Å². The van der Waals surface area contributed by atoms with E-state index < -0.39 is 0 Å². The summed E-state index contributed by atoms with van der Waals surface area (Å²) >= 11 is 3.38. The lowest BCUT2D eigenvalue weighted by Crippen LogP contribution is -2.30. The molecule has 0 aliphatic rings. The van der Waals surface area contributed by atoms with E-state index in [0.29, 0.717) is 34.6 Å². The molecule has 0 aliphatic heterocycles. The molecule has 18 heavy (non-hydrogen) atoms. The quantitative estimate of drug-likeness (QED) is 0.838. The molecular weight excluding hydrogens is 298 g/mol.